The highest BCUT2D eigenvalue weighted by Gasteiger charge is 2.22. The Kier molecular flexibility index (Phi) is 6.04. The number of aromatic nitrogens is 1. The molecule has 0 spiro atoms. The summed E-state index contributed by atoms with van der Waals surface area (Å²) in [5.74, 6) is 1.96. The lowest BCUT2D eigenvalue weighted by atomic mass is 10.2. The summed E-state index contributed by atoms with van der Waals surface area (Å²) < 4.78 is 27.3. The monoisotopic (exact) mass is 329 g/mol. The molecule has 2 heterocycles. The van der Waals surface area contributed by atoms with Crippen LogP contribution in [0.4, 0.5) is 0 Å². The lowest BCUT2D eigenvalue weighted by Crippen LogP contribution is -2.38. The first kappa shape index (κ1) is 16.7. The number of hydrogen-bond acceptors (Lipinski definition) is 5. The lowest BCUT2D eigenvalue weighted by molar-refractivity contribution is 0.540. The molecule has 0 amide bonds. The van der Waals surface area contributed by atoms with Gasteiger partial charge in [0.2, 0.25) is 0 Å². The molecule has 0 aromatic carbocycles. The van der Waals surface area contributed by atoms with Crippen molar-refractivity contribution in [3.8, 4) is 0 Å². The Labute approximate surface area is 131 Å². The summed E-state index contributed by atoms with van der Waals surface area (Å²) in [5.41, 5.74) is 0.982. The Balaban J connectivity index is 1.99. The lowest BCUT2D eigenvalue weighted by Gasteiger charge is -2.22. The highest BCUT2D eigenvalue weighted by molar-refractivity contribution is 7.99. The largest absolute Gasteiger partial charge is 0.310 e. The second kappa shape index (κ2) is 7.58. The minimum atomic E-state index is -3.50. The first-order chi connectivity index (χ1) is 9.97. The molecule has 7 heteroatoms. The van der Waals surface area contributed by atoms with E-state index in [2.05, 4.69) is 28.9 Å². The number of sulfonamides is 1. The standard InChI is InChI=1S/C14H23N3O2S2/c1-11(2)15-8-12-5-6-14(16-9-12)21(18,19)17-13-4-3-7-20-10-13/h5-6,9,11,13,15,17H,3-4,7-8,10H2,1-2H3. The fourth-order valence-electron chi connectivity index (χ4n) is 2.11. The van der Waals surface area contributed by atoms with E-state index in [1.165, 1.54) is 0 Å². The van der Waals surface area contributed by atoms with E-state index in [1.807, 2.05) is 6.07 Å². The van der Waals surface area contributed by atoms with Crippen molar-refractivity contribution < 1.29 is 8.42 Å². The van der Waals surface area contributed by atoms with Crippen molar-refractivity contribution in [2.24, 2.45) is 0 Å². The van der Waals surface area contributed by atoms with Gasteiger partial charge in [0.15, 0.2) is 5.03 Å². The summed E-state index contributed by atoms with van der Waals surface area (Å²) in [6.45, 7) is 4.83. The van der Waals surface area contributed by atoms with Gasteiger partial charge in [-0.25, -0.2) is 18.1 Å². The van der Waals surface area contributed by atoms with Gasteiger partial charge in [0.25, 0.3) is 10.0 Å². The summed E-state index contributed by atoms with van der Waals surface area (Å²) in [6.07, 6.45) is 3.59. The van der Waals surface area contributed by atoms with Gasteiger partial charge in [-0.15, -0.1) is 0 Å². The van der Waals surface area contributed by atoms with Crippen molar-refractivity contribution in [2.45, 2.75) is 50.3 Å². The molecule has 0 radical (unpaired) electrons. The van der Waals surface area contributed by atoms with Gasteiger partial charge in [0.05, 0.1) is 0 Å². The molecule has 1 fully saturated rings. The van der Waals surface area contributed by atoms with Crippen LogP contribution in [0.15, 0.2) is 23.4 Å². The zero-order valence-corrected chi connectivity index (χ0v) is 14.1. The first-order valence-corrected chi connectivity index (χ1v) is 9.89. The maximum absolute atomic E-state index is 12.3. The Hall–Kier alpha value is -0.630. The summed E-state index contributed by atoms with van der Waals surface area (Å²) in [5, 5.41) is 3.38. The van der Waals surface area contributed by atoms with Crippen LogP contribution in [0.5, 0.6) is 0 Å². The van der Waals surface area contributed by atoms with Gasteiger partial charge in [0, 0.05) is 30.6 Å². The van der Waals surface area contributed by atoms with Crippen LogP contribution in [0, 0.1) is 0 Å². The van der Waals surface area contributed by atoms with Crippen molar-refractivity contribution >= 4 is 21.8 Å². The quantitative estimate of drug-likeness (QED) is 0.832. The van der Waals surface area contributed by atoms with Gasteiger partial charge in [-0.2, -0.15) is 11.8 Å². The molecular weight excluding hydrogens is 306 g/mol. The molecule has 21 heavy (non-hydrogen) atoms. The summed E-state index contributed by atoms with van der Waals surface area (Å²) >= 11 is 1.79. The normalized spacial score (nSPS) is 19.9. The van der Waals surface area contributed by atoms with E-state index in [-0.39, 0.29) is 11.1 Å². The topological polar surface area (TPSA) is 71.1 Å². The second-order valence-electron chi connectivity index (χ2n) is 5.58. The fraction of sp³-hybridized carbons (Fsp3) is 0.643. The minimum Gasteiger partial charge on any atom is -0.310 e. The number of hydrogen-bond donors (Lipinski definition) is 2. The predicted molar refractivity (Wildman–Crippen MR) is 86.9 cm³/mol. The zero-order valence-electron chi connectivity index (χ0n) is 12.5. The van der Waals surface area contributed by atoms with Crippen LogP contribution in [0.1, 0.15) is 32.3 Å². The third-order valence-electron chi connectivity index (χ3n) is 3.27. The van der Waals surface area contributed by atoms with Crippen LogP contribution in [-0.2, 0) is 16.6 Å². The van der Waals surface area contributed by atoms with E-state index >= 15 is 0 Å². The van der Waals surface area contributed by atoms with Gasteiger partial charge in [0.1, 0.15) is 0 Å². The van der Waals surface area contributed by atoms with E-state index in [0.717, 1.165) is 29.9 Å². The Morgan fingerprint density at radius 1 is 1.43 bits per heavy atom. The van der Waals surface area contributed by atoms with E-state index < -0.39 is 10.0 Å². The fourth-order valence-corrected chi connectivity index (χ4v) is 4.49. The van der Waals surface area contributed by atoms with Crippen LogP contribution in [0.3, 0.4) is 0 Å². The maximum Gasteiger partial charge on any atom is 0.258 e. The summed E-state index contributed by atoms with van der Waals surface area (Å²) in [6, 6.07) is 3.80. The Morgan fingerprint density at radius 3 is 2.81 bits per heavy atom. The van der Waals surface area contributed by atoms with Gasteiger partial charge >= 0.3 is 0 Å². The van der Waals surface area contributed by atoms with Crippen molar-refractivity contribution in [3.05, 3.63) is 23.9 Å². The molecular formula is C14H23N3O2S2. The smallest absolute Gasteiger partial charge is 0.258 e. The van der Waals surface area contributed by atoms with E-state index in [1.54, 1.807) is 24.0 Å². The van der Waals surface area contributed by atoms with Gasteiger partial charge in [-0.3, -0.25) is 0 Å². The van der Waals surface area contributed by atoms with E-state index in [4.69, 9.17) is 0 Å². The van der Waals surface area contributed by atoms with Crippen molar-refractivity contribution in [1.29, 1.82) is 0 Å². The second-order valence-corrected chi connectivity index (χ2v) is 8.39. The molecule has 0 bridgehead atoms. The number of pyridine rings is 1. The average Bonchev–Trinajstić information content (AvgIpc) is 2.46. The Bertz CT molecular complexity index is 538. The third kappa shape index (κ3) is 5.25. The molecule has 1 aliphatic heterocycles. The van der Waals surface area contributed by atoms with Gasteiger partial charge < -0.3 is 5.32 Å². The third-order valence-corrected chi connectivity index (χ3v) is 5.92. The number of nitrogens with one attached hydrogen (secondary N) is 2. The van der Waals surface area contributed by atoms with Crippen molar-refractivity contribution in [3.63, 3.8) is 0 Å². The number of nitrogens with zero attached hydrogens (tertiary/aromatic N) is 1. The molecule has 2 N–H and O–H groups in total. The highest BCUT2D eigenvalue weighted by Crippen LogP contribution is 2.18. The molecule has 118 valence electrons. The van der Waals surface area contributed by atoms with Crippen LogP contribution in [0.2, 0.25) is 0 Å². The molecule has 2 rings (SSSR count). The number of thioether (sulfide) groups is 1. The van der Waals surface area contributed by atoms with Crippen LogP contribution in [-0.4, -0.2) is 37.0 Å². The molecule has 5 nitrogen and oxygen atoms in total. The van der Waals surface area contributed by atoms with E-state index in [0.29, 0.717) is 12.6 Å². The molecule has 1 saturated heterocycles. The molecule has 0 saturated carbocycles. The Morgan fingerprint density at radius 2 is 2.24 bits per heavy atom. The molecule has 1 atom stereocenters. The van der Waals surface area contributed by atoms with Crippen molar-refractivity contribution in [2.75, 3.05) is 11.5 Å². The number of rotatable bonds is 6. The minimum absolute atomic E-state index is 0.0258. The van der Waals surface area contributed by atoms with E-state index in [9.17, 15) is 8.42 Å². The van der Waals surface area contributed by atoms with Crippen LogP contribution in [0.25, 0.3) is 0 Å². The molecule has 0 aliphatic carbocycles. The average molecular weight is 329 g/mol. The molecule has 1 aromatic rings. The zero-order chi connectivity index (χ0) is 15.3. The van der Waals surface area contributed by atoms with Crippen LogP contribution < -0.4 is 10.0 Å². The van der Waals surface area contributed by atoms with Gasteiger partial charge in [-0.1, -0.05) is 19.9 Å². The SMILES string of the molecule is CC(C)NCc1ccc(S(=O)(=O)NC2CCCSC2)nc1. The van der Waals surface area contributed by atoms with Gasteiger partial charge in [-0.05, 0) is 30.2 Å². The maximum atomic E-state index is 12.3. The molecule has 1 aliphatic rings. The molecule has 1 aromatic heterocycles. The highest BCUT2D eigenvalue weighted by atomic mass is 32.2. The van der Waals surface area contributed by atoms with Crippen molar-refractivity contribution in [1.82, 2.24) is 15.0 Å². The molecule has 1 unspecified atom stereocenters. The summed E-state index contributed by atoms with van der Waals surface area (Å²) in [7, 11) is -3.50. The summed E-state index contributed by atoms with van der Waals surface area (Å²) in [4.78, 5) is 4.10. The predicted octanol–water partition coefficient (Wildman–Crippen LogP) is 1.75. The van der Waals surface area contributed by atoms with Crippen LogP contribution >= 0.6 is 11.8 Å². The first-order valence-electron chi connectivity index (χ1n) is 7.26.